The Morgan fingerprint density at radius 1 is 1.23 bits per heavy atom. The third kappa shape index (κ3) is 6.88. The first-order valence-corrected chi connectivity index (χ1v) is 6.93. The molecule has 0 fully saturated rings. The Hall–Kier alpha value is -2.37. The molecule has 6 nitrogen and oxygen atoms in total. The number of carbonyl (C=O) groups is 3. The first kappa shape index (κ1) is 19.6. The van der Waals surface area contributed by atoms with Crippen LogP contribution in [0.25, 0.3) is 0 Å². The summed E-state index contributed by atoms with van der Waals surface area (Å²) in [7, 11) is 0. The molecule has 0 aliphatic carbocycles. The van der Waals surface area contributed by atoms with Gasteiger partial charge in [-0.2, -0.15) is 0 Å². The second-order valence-electron chi connectivity index (χ2n) is 4.86. The molecule has 0 aliphatic heterocycles. The summed E-state index contributed by atoms with van der Waals surface area (Å²) < 4.78 is 4.94. The molecule has 0 rings (SSSR count). The van der Waals surface area contributed by atoms with Crippen LogP contribution in [0.1, 0.15) is 33.6 Å². The zero-order valence-electron chi connectivity index (χ0n) is 13.1. The number of hydrogen-bond acceptors (Lipinski definition) is 4. The van der Waals surface area contributed by atoms with Crippen LogP contribution in [0.4, 0.5) is 0 Å². The Kier molecular flexibility index (Phi) is 8.52. The van der Waals surface area contributed by atoms with Gasteiger partial charge >= 0.3 is 17.9 Å². The highest BCUT2D eigenvalue weighted by atomic mass is 16.5. The molecule has 0 aliphatic rings. The van der Waals surface area contributed by atoms with Crippen LogP contribution in [0.2, 0.25) is 0 Å². The average Bonchev–Trinajstić information content (AvgIpc) is 2.43. The zero-order valence-corrected chi connectivity index (χ0v) is 13.1. The van der Waals surface area contributed by atoms with Crippen molar-refractivity contribution in [3.8, 4) is 0 Å². The van der Waals surface area contributed by atoms with Crippen molar-refractivity contribution in [3.05, 3.63) is 35.5 Å². The van der Waals surface area contributed by atoms with E-state index in [0.717, 1.165) is 12.5 Å². The van der Waals surface area contributed by atoms with Crippen LogP contribution in [-0.2, 0) is 19.1 Å². The molecule has 122 valence electrons. The number of hydrogen-bond donors (Lipinski definition) is 2. The molecule has 0 radical (unpaired) electrons. The Morgan fingerprint density at radius 3 is 2.27 bits per heavy atom. The SMILES string of the molecule is C=C(C=C(C(=O)O)C(C)C=C(C)C(=O)O)C(=O)OCCCC. The van der Waals surface area contributed by atoms with E-state index in [2.05, 4.69) is 6.58 Å². The quantitative estimate of drug-likeness (QED) is 0.294. The minimum atomic E-state index is -1.25. The number of unbranched alkanes of at least 4 members (excludes halogenated alkanes) is 1. The standard InChI is InChI=1S/C16H22O6/c1-5-6-7-22-16(21)12(4)9-13(15(19)20)10(2)8-11(3)14(17)18/h8-10H,4-7H2,1-3H3,(H,17,18)(H,19,20). The molecule has 1 unspecified atom stereocenters. The van der Waals surface area contributed by atoms with Crippen molar-refractivity contribution < 1.29 is 29.3 Å². The van der Waals surface area contributed by atoms with Gasteiger partial charge in [0.05, 0.1) is 12.2 Å². The number of carbonyl (C=O) groups excluding carboxylic acids is 1. The number of carboxylic acids is 2. The van der Waals surface area contributed by atoms with Crippen LogP contribution in [0.5, 0.6) is 0 Å². The maximum Gasteiger partial charge on any atom is 0.337 e. The lowest BCUT2D eigenvalue weighted by atomic mass is 9.96. The van der Waals surface area contributed by atoms with E-state index in [1.165, 1.54) is 19.9 Å². The molecule has 1 atom stereocenters. The van der Waals surface area contributed by atoms with Crippen molar-refractivity contribution in [2.75, 3.05) is 6.61 Å². The highest BCUT2D eigenvalue weighted by Crippen LogP contribution is 2.17. The first-order valence-electron chi connectivity index (χ1n) is 6.93. The zero-order chi connectivity index (χ0) is 17.3. The lowest BCUT2D eigenvalue weighted by Gasteiger charge is -2.10. The fourth-order valence-electron chi connectivity index (χ4n) is 1.57. The van der Waals surface area contributed by atoms with E-state index in [-0.39, 0.29) is 23.3 Å². The van der Waals surface area contributed by atoms with Crippen LogP contribution < -0.4 is 0 Å². The normalized spacial score (nSPS) is 13.4. The predicted molar refractivity (Wildman–Crippen MR) is 81.3 cm³/mol. The van der Waals surface area contributed by atoms with Crippen LogP contribution in [0.3, 0.4) is 0 Å². The van der Waals surface area contributed by atoms with Gasteiger partial charge in [0.15, 0.2) is 0 Å². The summed E-state index contributed by atoms with van der Waals surface area (Å²) in [6.45, 7) is 8.59. The monoisotopic (exact) mass is 310 g/mol. The van der Waals surface area contributed by atoms with Crippen molar-refractivity contribution in [2.45, 2.75) is 33.6 Å². The Morgan fingerprint density at radius 2 is 1.82 bits per heavy atom. The number of carboxylic acid groups (broad SMARTS) is 2. The molecule has 2 N–H and O–H groups in total. The lowest BCUT2D eigenvalue weighted by Crippen LogP contribution is -2.13. The second kappa shape index (κ2) is 9.55. The molecule has 0 saturated carbocycles. The molecule has 0 aromatic heterocycles. The van der Waals surface area contributed by atoms with E-state index in [0.29, 0.717) is 6.42 Å². The highest BCUT2D eigenvalue weighted by molar-refractivity contribution is 5.96. The minimum absolute atomic E-state index is 0.0239. The van der Waals surface area contributed by atoms with Crippen LogP contribution >= 0.6 is 0 Å². The number of aliphatic carboxylic acids is 2. The minimum Gasteiger partial charge on any atom is -0.478 e. The van der Waals surface area contributed by atoms with Crippen molar-refractivity contribution in [1.82, 2.24) is 0 Å². The number of esters is 1. The summed E-state index contributed by atoms with van der Waals surface area (Å²) >= 11 is 0. The summed E-state index contributed by atoms with van der Waals surface area (Å²) in [6.07, 6.45) is 4.00. The number of ether oxygens (including phenoxy) is 1. The topological polar surface area (TPSA) is 101 Å². The predicted octanol–water partition coefficient (Wildman–Crippen LogP) is 2.56. The smallest absolute Gasteiger partial charge is 0.337 e. The summed E-state index contributed by atoms with van der Waals surface area (Å²) in [5, 5.41) is 18.0. The summed E-state index contributed by atoms with van der Waals surface area (Å²) in [5.74, 6) is -3.74. The molecule has 22 heavy (non-hydrogen) atoms. The summed E-state index contributed by atoms with van der Waals surface area (Å²) in [4.78, 5) is 33.7. The summed E-state index contributed by atoms with van der Waals surface area (Å²) in [6, 6.07) is 0. The van der Waals surface area contributed by atoms with Crippen molar-refractivity contribution >= 4 is 17.9 Å². The number of rotatable bonds is 9. The third-order valence-electron chi connectivity index (χ3n) is 2.90. The van der Waals surface area contributed by atoms with Gasteiger partial charge in [0.25, 0.3) is 0 Å². The number of allylic oxidation sites excluding steroid dienone is 1. The molecule has 0 spiro atoms. The molecule has 0 amide bonds. The van der Waals surface area contributed by atoms with Crippen molar-refractivity contribution in [3.63, 3.8) is 0 Å². The molecule has 0 heterocycles. The van der Waals surface area contributed by atoms with Crippen LogP contribution in [-0.4, -0.2) is 34.7 Å². The molecule has 0 saturated heterocycles. The van der Waals surface area contributed by atoms with E-state index in [4.69, 9.17) is 9.84 Å². The lowest BCUT2D eigenvalue weighted by molar-refractivity contribution is -0.138. The fraction of sp³-hybridized carbons (Fsp3) is 0.438. The van der Waals surface area contributed by atoms with Gasteiger partial charge in [0, 0.05) is 17.1 Å². The third-order valence-corrected chi connectivity index (χ3v) is 2.90. The van der Waals surface area contributed by atoms with Gasteiger partial charge in [-0.15, -0.1) is 0 Å². The van der Waals surface area contributed by atoms with Gasteiger partial charge in [0.1, 0.15) is 0 Å². The molecular weight excluding hydrogens is 288 g/mol. The van der Waals surface area contributed by atoms with E-state index in [1.807, 2.05) is 6.92 Å². The maximum atomic E-state index is 11.7. The Balaban J connectivity index is 5.12. The highest BCUT2D eigenvalue weighted by Gasteiger charge is 2.18. The Bertz CT molecular complexity index is 513. The largest absolute Gasteiger partial charge is 0.478 e. The van der Waals surface area contributed by atoms with Gasteiger partial charge in [0.2, 0.25) is 0 Å². The van der Waals surface area contributed by atoms with Gasteiger partial charge in [-0.1, -0.05) is 32.9 Å². The molecule has 0 aromatic rings. The van der Waals surface area contributed by atoms with Crippen LogP contribution in [0.15, 0.2) is 35.5 Å². The van der Waals surface area contributed by atoms with Gasteiger partial charge in [-0.05, 0) is 19.4 Å². The average molecular weight is 310 g/mol. The van der Waals surface area contributed by atoms with Crippen LogP contribution in [0, 0.1) is 5.92 Å². The Labute approximate surface area is 129 Å². The van der Waals surface area contributed by atoms with E-state index in [1.54, 1.807) is 0 Å². The fourth-order valence-corrected chi connectivity index (χ4v) is 1.57. The molecule has 0 bridgehead atoms. The van der Waals surface area contributed by atoms with Gasteiger partial charge < -0.3 is 14.9 Å². The van der Waals surface area contributed by atoms with E-state index >= 15 is 0 Å². The van der Waals surface area contributed by atoms with Crippen molar-refractivity contribution in [1.29, 1.82) is 0 Å². The molecule has 0 aromatic carbocycles. The molecule has 6 heteroatoms. The molecular formula is C16H22O6. The maximum absolute atomic E-state index is 11.7. The van der Waals surface area contributed by atoms with Gasteiger partial charge in [-0.3, -0.25) is 0 Å². The van der Waals surface area contributed by atoms with Crippen molar-refractivity contribution in [2.24, 2.45) is 5.92 Å². The van der Waals surface area contributed by atoms with E-state index < -0.39 is 23.8 Å². The summed E-state index contributed by atoms with van der Waals surface area (Å²) in [5.41, 5.74) is -0.185. The van der Waals surface area contributed by atoms with E-state index in [9.17, 15) is 19.5 Å². The first-order chi connectivity index (χ1) is 10.2. The van der Waals surface area contributed by atoms with Gasteiger partial charge in [-0.25, -0.2) is 14.4 Å². The second-order valence-corrected chi connectivity index (χ2v) is 4.86.